The second kappa shape index (κ2) is 8.04. The summed E-state index contributed by atoms with van der Waals surface area (Å²) in [6.45, 7) is 2.17. The van der Waals surface area contributed by atoms with Gasteiger partial charge in [-0.3, -0.25) is 4.79 Å². The molecule has 0 atom stereocenters. The number of thiophene rings is 1. The van der Waals surface area contributed by atoms with Gasteiger partial charge in [-0.2, -0.15) is 4.31 Å². The highest BCUT2D eigenvalue weighted by Crippen LogP contribution is 2.24. The molecule has 1 amide bonds. The van der Waals surface area contributed by atoms with Gasteiger partial charge in [0, 0.05) is 24.7 Å². The highest BCUT2D eigenvalue weighted by molar-refractivity contribution is 7.89. The third-order valence-electron chi connectivity index (χ3n) is 4.15. The zero-order valence-electron chi connectivity index (χ0n) is 15.0. The fraction of sp³-hybridized carbons (Fsp3) is 0.150. The van der Waals surface area contributed by atoms with E-state index in [0.29, 0.717) is 10.6 Å². The molecule has 3 rings (SSSR count). The molecule has 0 spiro atoms. The molecule has 1 N–H and O–H groups in total. The Labute approximate surface area is 163 Å². The molecule has 5 nitrogen and oxygen atoms in total. The Morgan fingerprint density at radius 2 is 1.74 bits per heavy atom. The maximum atomic E-state index is 12.8. The van der Waals surface area contributed by atoms with Crippen LogP contribution < -0.4 is 5.32 Å². The van der Waals surface area contributed by atoms with Crippen molar-refractivity contribution < 1.29 is 13.2 Å². The van der Waals surface area contributed by atoms with Crippen molar-refractivity contribution in [1.29, 1.82) is 0 Å². The molecule has 7 heteroatoms. The lowest BCUT2D eigenvalue weighted by molar-refractivity contribution is 0.103. The topological polar surface area (TPSA) is 66.5 Å². The molecule has 0 bridgehead atoms. The van der Waals surface area contributed by atoms with Gasteiger partial charge in [-0.05, 0) is 30.2 Å². The van der Waals surface area contributed by atoms with Crippen LogP contribution in [0.2, 0.25) is 0 Å². The number of rotatable bonds is 6. The van der Waals surface area contributed by atoms with Crippen molar-refractivity contribution in [2.75, 3.05) is 12.4 Å². The first-order valence-electron chi connectivity index (χ1n) is 8.34. The third kappa shape index (κ3) is 4.44. The highest BCUT2D eigenvalue weighted by atomic mass is 32.2. The van der Waals surface area contributed by atoms with Gasteiger partial charge in [-0.25, -0.2) is 8.42 Å². The Bertz CT molecular complexity index is 1040. The minimum absolute atomic E-state index is 0.126. The molecule has 1 heterocycles. The molecule has 0 aliphatic carbocycles. The Morgan fingerprint density at radius 1 is 1.07 bits per heavy atom. The van der Waals surface area contributed by atoms with Crippen molar-refractivity contribution in [2.24, 2.45) is 0 Å². The van der Waals surface area contributed by atoms with Crippen molar-refractivity contribution in [1.82, 2.24) is 4.31 Å². The van der Waals surface area contributed by atoms with E-state index in [0.717, 1.165) is 22.5 Å². The molecule has 0 aliphatic rings. The van der Waals surface area contributed by atoms with Crippen molar-refractivity contribution in [3.63, 3.8) is 0 Å². The number of hydrogen-bond donors (Lipinski definition) is 1. The van der Waals surface area contributed by atoms with E-state index >= 15 is 0 Å². The molecule has 3 aromatic rings. The lowest BCUT2D eigenvalue weighted by Crippen LogP contribution is -2.26. The second-order valence-electron chi connectivity index (χ2n) is 6.16. The van der Waals surface area contributed by atoms with Gasteiger partial charge in [0.1, 0.15) is 0 Å². The molecule has 0 unspecified atom stereocenters. The SMILES string of the molecule is Cc1ccccc1NC(=O)c1cc(S(=O)(=O)N(C)Cc2ccccc2)cs1. The number of benzene rings is 2. The molecule has 27 heavy (non-hydrogen) atoms. The van der Waals surface area contributed by atoms with Gasteiger partial charge in [0.05, 0.1) is 9.77 Å². The second-order valence-corrected chi connectivity index (χ2v) is 9.12. The van der Waals surface area contributed by atoms with Crippen molar-refractivity contribution >= 4 is 33.0 Å². The first-order chi connectivity index (χ1) is 12.9. The van der Waals surface area contributed by atoms with Crippen LogP contribution in [0.15, 0.2) is 70.9 Å². The van der Waals surface area contributed by atoms with Crippen LogP contribution >= 0.6 is 11.3 Å². The van der Waals surface area contributed by atoms with Crippen LogP contribution in [-0.2, 0) is 16.6 Å². The maximum absolute atomic E-state index is 12.8. The lowest BCUT2D eigenvalue weighted by Gasteiger charge is -2.16. The summed E-state index contributed by atoms with van der Waals surface area (Å²) in [4.78, 5) is 12.9. The summed E-state index contributed by atoms with van der Waals surface area (Å²) in [6, 6.07) is 18.2. The minimum Gasteiger partial charge on any atom is -0.321 e. The monoisotopic (exact) mass is 400 g/mol. The fourth-order valence-electron chi connectivity index (χ4n) is 2.58. The summed E-state index contributed by atoms with van der Waals surface area (Å²) < 4.78 is 26.9. The smallest absolute Gasteiger partial charge is 0.265 e. The van der Waals surface area contributed by atoms with E-state index in [2.05, 4.69) is 5.32 Å². The molecule has 0 saturated carbocycles. The van der Waals surface area contributed by atoms with Crippen molar-refractivity contribution in [3.05, 3.63) is 82.0 Å². The van der Waals surface area contributed by atoms with E-state index in [9.17, 15) is 13.2 Å². The summed E-state index contributed by atoms with van der Waals surface area (Å²) in [5.74, 6) is -0.318. The zero-order valence-corrected chi connectivity index (χ0v) is 16.7. The van der Waals surface area contributed by atoms with Crippen LogP contribution in [-0.4, -0.2) is 25.7 Å². The van der Waals surface area contributed by atoms with E-state index in [4.69, 9.17) is 0 Å². The molecule has 0 fully saturated rings. The molecular formula is C20H20N2O3S2. The molecule has 1 aromatic heterocycles. The van der Waals surface area contributed by atoms with E-state index in [1.807, 2.05) is 61.5 Å². The van der Waals surface area contributed by atoms with E-state index in [1.165, 1.54) is 22.8 Å². The van der Waals surface area contributed by atoms with Crippen LogP contribution in [0.5, 0.6) is 0 Å². The summed E-state index contributed by atoms with van der Waals surface area (Å²) in [5, 5.41) is 4.33. The minimum atomic E-state index is -3.67. The van der Waals surface area contributed by atoms with Gasteiger partial charge in [-0.15, -0.1) is 11.3 Å². The number of nitrogens with zero attached hydrogens (tertiary/aromatic N) is 1. The van der Waals surface area contributed by atoms with Crippen LogP contribution in [0.1, 0.15) is 20.8 Å². The molecule has 0 radical (unpaired) electrons. The Balaban J connectivity index is 1.75. The predicted molar refractivity (Wildman–Crippen MR) is 109 cm³/mol. The quantitative estimate of drug-likeness (QED) is 0.677. The van der Waals surface area contributed by atoms with Gasteiger partial charge in [0.15, 0.2) is 0 Å². The van der Waals surface area contributed by atoms with E-state index in [-0.39, 0.29) is 17.3 Å². The molecule has 0 saturated heterocycles. The van der Waals surface area contributed by atoms with Gasteiger partial charge in [0.2, 0.25) is 10.0 Å². The van der Waals surface area contributed by atoms with Gasteiger partial charge in [0.25, 0.3) is 5.91 Å². The molecule has 0 aliphatic heterocycles. The molecule has 2 aromatic carbocycles. The number of hydrogen-bond acceptors (Lipinski definition) is 4. The van der Waals surface area contributed by atoms with E-state index in [1.54, 1.807) is 0 Å². The predicted octanol–water partition coefficient (Wildman–Crippen LogP) is 4.13. The first-order valence-corrected chi connectivity index (χ1v) is 10.7. The van der Waals surface area contributed by atoms with Gasteiger partial charge in [-0.1, -0.05) is 48.5 Å². The van der Waals surface area contributed by atoms with E-state index < -0.39 is 10.0 Å². The number of para-hydroxylation sites is 1. The first kappa shape index (κ1) is 19.3. The van der Waals surface area contributed by atoms with Crippen LogP contribution in [0, 0.1) is 6.92 Å². The Hall–Kier alpha value is -2.48. The van der Waals surface area contributed by atoms with Crippen molar-refractivity contribution in [3.8, 4) is 0 Å². The number of anilines is 1. The summed E-state index contributed by atoms with van der Waals surface area (Å²) in [7, 11) is -2.13. The molecular weight excluding hydrogens is 380 g/mol. The van der Waals surface area contributed by atoms with Crippen LogP contribution in [0.4, 0.5) is 5.69 Å². The standard InChI is InChI=1S/C20H20N2O3S2/c1-15-8-6-7-11-18(15)21-20(23)19-12-17(14-26-19)27(24,25)22(2)13-16-9-4-3-5-10-16/h3-12,14H,13H2,1-2H3,(H,21,23). The average Bonchev–Trinajstić information content (AvgIpc) is 3.15. The van der Waals surface area contributed by atoms with Crippen molar-refractivity contribution in [2.45, 2.75) is 18.4 Å². The number of carbonyl (C=O) groups is 1. The Kier molecular flexibility index (Phi) is 5.74. The average molecular weight is 401 g/mol. The maximum Gasteiger partial charge on any atom is 0.265 e. The normalized spacial score (nSPS) is 11.5. The lowest BCUT2D eigenvalue weighted by atomic mass is 10.2. The Morgan fingerprint density at radius 3 is 2.44 bits per heavy atom. The third-order valence-corrected chi connectivity index (χ3v) is 7.01. The summed E-state index contributed by atoms with van der Waals surface area (Å²) >= 11 is 1.12. The van der Waals surface area contributed by atoms with Gasteiger partial charge < -0.3 is 5.32 Å². The number of aryl methyl sites for hydroxylation is 1. The summed E-state index contributed by atoms with van der Waals surface area (Å²) in [5.41, 5.74) is 2.55. The highest BCUT2D eigenvalue weighted by Gasteiger charge is 2.24. The van der Waals surface area contributed by atoms with Crippen LogP contribution in [0.3, 0.4) is 0 Å². The number of sulfonamides is 1. The number of amides is 1. The zero-order chi connectivity index (χ0) is 19.4. The number of nitrogens with one attached hydrogen (secondary N) is 1. The fourth-order valence-corrected chi connectivity index (χ4v) is 4.89. The summed E-state index contributed by atoms with van der Waals surface area (Å²) in [6.07, 6.45) is 0. The van der Waals surface area contributed by atoms with Gasteiger partial charge >= 0.3 is 0 Å². The van der Waals surface area contributed by atoms with Crippen LogP contribution in [0.25, 0.3) is 0 Å². The largest absolute Gasteiger partial charge is 0.321 e. The number of carbonyl (C=O) groups excluding carboxylic acids is 1. The molecule has 140 valence electrons.